The van der Waals surface area contributed by atoms with E-state index in [0.29, 0.717) is 12.2 Å². The Labute approximate surface area is 148 Å². The summed E-state index contributed by atoms with van der Waals surface area (Å²) >= 11 is 0. The lowest BCUT2D eigenvalue weighted by molar-refractivity contribution is 0.0669. The average Bonchev–Trinajstić information content (AvgIpc) is 2.81. The van der Waals surface area contributed by atoms with E-state index >= 15 is 0 Å². The number of rotatable bonds is 3. The van der Waals surface area contributed by atoms with Crippen molar-refractivity contribution in [2.75, 3.05) is 6.54 Å². The van der Waals surface area contributed by atoms with Crippen LogP contribution in [0.4, 0.5) is 4.39 Å². The van der Waals surface area contributed by atoms with Gasteiger partial charge >= 0.3 is 0 Å². The highest BCUT2D eigenvalue weighted by molar-refractivity contribution is 5.93. The molecule has 25 heavy (non-hydrogen) atoms. The number of hydrogen-bond donors (Lipinski definition) is 0. The van der Waals surface area contributed by atoms with Gasteiger partial charge in [0, 0.05) is 13.6 Å². The number of carbonyl (C=O) groups is 1. The van der Waals surface area contributed by atoms with E-state index in [-0.39, 0.29) is 23.7 Å². The number of nitrogens with zero attached hydrogens (tertiary/aromatic N) is 3. The summed E-state index contributed by atoms with van der Waals surface area (Å²) in [5, 5.41) is 4.47. The van der Waals surface area contributed by atoms with Gasteiger partial charge in [-0.05, 0) is 42.5 Å². The molecule has 134 valence electrons. The molecular weight excluding hydrogens is 317 g/mol. The van der Waals surface area contributed by atoms with E-state index < -0.39 is 0 Å². The zero-order valence-corrected chi connectivity index (χ0v) is 15.2. The molecule has 1 aromatic heterocycles. The number of benzene rings is 1. The minimum absolute atomic E-state index is 0.0157. The molecule has 0 radical (unpaired) electrons. The van der Waals surface area contributed by atoms with E-state index in [2.05, 4.69) is 18.9 Å². The molecule has 0 bridgehead atoms. The number of aromatic nitrogens is 2. The minimum atomic E-state index is -0.253. The monoisotopic (exact) mass is 343 g/mol. The highest BCUT2D eigenvalue weighted by atomic mass is 19.1. The molecule has 5 heteroatoms. The van der Waals surface area contributed by atoms with Crippen LogP contribution in [0, 0.1) is 5.82 Å². The lowest BCUT2D eigenvalue weighted by Gasteiger charge is -2.30. The van der Waals surface area contributed by atoms with Crippen LogP contribution in [-0.4, -0.2) is 27.1 Å². The number of amides is 1. The molecular formula is C20H26FN3O. The summed E-state index contributed by atoms with van der Waals surface area (Å²) in [6.07, 6.45) is 3.99. The van der Waals surface area contributed by atoms with Crippen molar-refractivity contribution in [1.82, 2.24) is 14.7 Å². The topological polar surface area (TPSA) is 38.1 Å². The molecule has 2 aromatic rings. The van der Waals surface area contributed by atoms with Gasteiger partial charge in [-0.3, -0.25) is 9.48 Å². The molecule has 1 atom stereocenters. The van der Waals surface area contributed by atoms with Crippen LogP contribution < -0.4 is 0 Å². The molecule has 1 aromatic carbocycles. The normalized spacial score (nSPS) is 18.4. The Kier molecular flexibility index (Phi) is 5.21. The minimum Gasteiger partial charge on any atom is -0.330 e. The van der Waals surface area contributed by atoms with E-state index in [0.717, 1.165) is 36.9 Å². The number of carbonyl (C=O) groups excluding carboxylic acids is 1. The lowest BCUT2D eigenvalue weighted by atomic mass is 10.00. The van der Waals surface area contributed by atoms with Gasteiger partial charge in [-0.25, -0.2) is 4.39 Å². The maximum atomic E-state index is 13.7. The maximum absolute atomic E-state index is 13.7. The first-order valence-electron chi connectivity index (χ1n) is 9.07. The summed E-state index contributed by atoms with van der Waals surface area (Å²) in [5.74, 6) is 0.00531. The Morgan fingerprint density at radius 2 is 2.04 bits per heavy atom. The molecule has 1 aliphatic rings. The van der Waals surface area contributed by atoms with E-state index in [1.54, 1.807) is 16.8 Å². The van der Waals surface area contributed by atoms with Gasteiger partial charge in [-0.15, -0.1) is 0 Å². The van der Waals surface area contributed by atoms with Crippen molar-refractivity contribution in [2.45, 2.75) is 51.5 Å². The van der Waals surface area contributed by atoms with Crippen molar-refractivity contribution in [3.8, 4) is 0 Å². The second kappa shape index (κ2) is 7.38. The highest BCUT2D eigenvalue weighted by Crippen LogP contribution is 2.32. The van der Waals surface area contributed by atoms with Gasteiger partial charge in [0.05, 0.1) is 11.7 Å². The van der Waals surface area contributed by atoms with Gasteiger partial charge in [0.2, 0.25) is 0 Å². The second-order valence-electron chi connectivity index (χ2n) is 7.15. The van der Waals surface area contributed by atoms with Gasteiger partial charge in [-0.2, -0.15) is 5.10 Å². The van der Waals surface area contributed by atoms with Gasteiger partial charge in [0.15, 0.2) is 0 Å². The molecule has 4 nitrogen and oxygen atoms in total. The first-order chi connectivity index (χ1) is 12.0. The van der Waals surface area contributed by atoms with Crippen LogP contribution in [0.3, 0.4) is 0 Å². The van der Waals surface area contributed by atoms with Crippen molar-refractivity contribution in [3.05, 3.63) is 53.1 Å². The summed E-state index contributed by atoms with van der Waals surface area (Å²) in [4.78, 5) is 15.2. The molecule has 0 saturated carbocycles. The number of likely N-dealkylation sites (tertiary alicyclic amines) is 1. The van der Waals surface area contributed by atoms with Crippen molar-refractivity contribution in [3.63, 3.8) is 0 Å². The molecule has 1 amide bonds. The van der Waals surface area contributed by atoms with Crippen molar-refractivity contribution in [2.24, 2.45) is 7.05 Å². The van der Waals surface area contributed by atoms with Gasteiger partial charge in [0.1, 0.15) is 11.5 Å². The third kappa shape index (κ3) is 3.75. The largest absolute Gasteiger partial charge is 0.330 e. The molecule has 2 heterocycles. The van der Waals surface area contributed by atoms with Gasteiger partial charge in [-0.1, -0.05) is 38.8 Å². The SMILES string of the molecule is CC(C)c1cc(C(=O)N2CCCCC[C@@H]2c2cccc(F)c2)n(C)n1. The molecule has 0 spiro atoms. The summed E-state index contributed by atoms with van der Waals surface area (Å²) in [7, 11) is 1.81. The van der Waals surface area contributed by atoms with E-state index in [9.17, 15) is 9.18 Å². The summed E-state index contributed by atoms with van der Waals surface area (Å²) in [6, 6.07) is 8.45. The van der Waals surface area contributed by atoms with E-state index in [4.69, 9.17) is 0 Å². The van der Waals surface area contributed by atoms with Crippen LogP contribution in [0.1, 0.15) is 73.2 Å². The van der Waals surface area contributed by atoms with Gasteiger partial charge < -0.3 is 4.90 Å². The molecule has 0 N–H and O–H groups in total. The predicted molar refractivity (Wildman–Crippen MR) is 95.9 cm³/mol. The standard InChI is InChI=1S/C20H26FN3O/c1-14(2)17-13-19(23(3)22-17)20(25)24-11-6-4-5-10-18(24)15-8-7-9-16(21)12-15/h7-9,12-14,18H,4-6,10-11H2,1-3H3/t18-/m1/s1. The molecule has 1 saturated heterocycles. The van der Waals surface area contributed by atoms with Crippen LogP contribution in [0.15, 0.2) is 30.3 Å². The number of hydrogen-bond acceptors (Lipinski definition) is 2. The fourth-order valence-electron chi connectivity index (χ4n) is 3.53. The van der Waals surface area contributed by atoms with E-state index in [1.165, 1.54) is 6.07 Å². The molecule has 1 fully saturated rings. The fraction of sp³-hybridized carbons (Fsp3) is 0.500. The number of halogens is 1. The quantitative estimate of drug-likeness (QED) is 0.826. The second-order valence-corrected chi connectivity index (χ2v) is 7.15. The van der Waals surface area contributed by atoms with Crippen LogP contribution in [0.25, 0.3) is 0 Å². The summed E-state index contributed by atoms with van der Waals surface area (Å²) < 4.78 is 15.4. The van der Waals surface area contributed by atoms with Gasteiger partial charge in [0.25, 0.3) is 5.91 Å². The average molecular weight is 343 g/mol. The predicted octanol–water partition coefficient (Wildman–Crippen LogP) is 4.44. The first-order valence-corrected chi connectivity index (χ1v) is 9.07. The third-order valence-electron chi connectivity index (χ3n) is 4.96. The third-order valence-corrected chi connectivity index (χ3v) is 4.96. The first kappa shape index (κ1) is 17.6. The molecule has 1 aliphatic heterocycles. The number of aryl methyl sites for hydroxylation is 1. The van der Waals surface area contributed by atoms with Crippen molar-refractivity contribution < 1.29 is 9.18 Å². The molecule has 0 aliphatic carbocycles. The Bertz CT molecular complexity index is 753. The highest BCUT2D eigenvalue weighted by Gasteiger charge is 2.29. The van der Waals surface area contributed by atoms with Crippen molar-refractivity contribution >= 4 is 5.91 Å². The Hall–Kier alpha value is -2.17. The van der Waals surface area contributed by atoms with Crippen molar-refractivity contribution in [1.29, 1.82) is 0 Å². The smallest absolute Gasteiger partial charge is 0.272 e. The van der Waals surface area contributed by atoms with Crippen LogP contribution in [0.2, 0.25) is 0 Å². The fourth-order valence-corrected chi connectivity index (χ4v) is 3.53. The lowest BCUT2D eigenvalue weighted by Crippen LogP contribution is -2.36. The molecule has 3 rings (SSSR count). The van der Waals surface area contributed by atoms with Crippen LogP contribution in [0.5, 0.6) is 0 Å². The van der Waals surface area contributed by atoms with Crippen LogP contribution >= 0.6 is 0 Å². The Morgan fingerprint density at radius 3 is 2.72 bits per heavy atom. The summed E-state index contributed by atoms with van der Waals surface area (Å²) in [5.41, 5.74) is 2.40. The zero-order valence-electron chi connectivity index (χ0n) is 15.2. The van der Waals surface area contributed by atoms with Crippen LogP contribution in [-0.2, 0) is 7.05 Å². The zero-order chi connectivity index (χ0) is 18.0. The Balaban J connectivity index is 1.95. The van der Waals surface area contributed by atoms with E-state index in [1.807, 2.05) is 24.1 Å². The maximum Gasteiger partial charge on any atom is 0.272 e. The molecule has 0 unspecified atom stereocenters. The summed E-state index contributed by atoms with van der Waals surface area (Å²) in [6.45, 7) is 4.83. The Morgan fingerprint density at radius 1 is 1.24 bits per heavy atom.